The third-order valence-electron chi connectivity index (χ3n) is 4.18. The summed E-state index contributed by atoms with van der Waals surface area (Å²) < 4.78 is 34.4. The van der Waals surface area contributed by atoms with Gasteiger partial charge in [-0.2, -0.15) is 9.40 Å². The molecule has 0 aliphatic carbocycles. The van der Waals surface area contributed by atoms with Crippen LogP contribution in [0.15, 0.2) is 47.6 Å². The zero-order valence-corrected chi connectivity index (χ0v) is 14.7. The van der Waals surface area contributed by atoms with Crippen LogP contribution < -0.4 is 0 Å². The Balaban J connectivity index is 1.73. The first-order valence-corrected chi connectivity index (χ1v) is 9.71. The van der Waals surface area contributed by atoms with Gasteiger partial charge >= 0.3 is 0 Å². The van der Waals surface area contributed by atoms with E-state index in [1.807, 2.05) is 37.3 Å². The Morgan fingerprint density at radius 1 is 1.29 bits per heavy atom. The van der Waals surface area contributed by atoms with Crippen molar-refractivity contribution in [2.45, 2.75) is 37.3 Å². The van der Waals surface area contributed by atoms with Gasteiger partial charge in [-0.25, -0.2) is 8.42 Å². The molecule has 7 heteroatoms. The number of piperidine rings is 1. The van der Waals surface area contributed by atoms with Crippen molar-refractivity contribution < 1.29 is 13.2 Å². The fraction of sp³-hybridized carbons (Fsp3) is 0.471. The Morgan fingerprint density at radius 2 is 2.08 bits per heavy atom. The molecule has 0 bridgehead atoms. The molecule has 1 aromatic carbocycles. The molecule has 0 spiro atoms. The fourth-order valence-corrected chi connectivity index (χ4v) is 4.44. The van der Waals surface area contributed by atoms with Gasteiger partial charge in [-0.05, 0) is 25.3 Å². The van der Waals surface area contributed by atoms with E-state index in [2.05, 4.69) is 5.10 Å². The minimum atomic E-state index is -3.51. The maximum absolute atomic E-state index is 12.8. The number of sulfonamides is 1. The van der Waals surface area contributed by atoms with Gasteiger partial charge in [0.2, 0.25) is 10.0 Å². The Hall–Kier alpha value is -1.70. The van der Waals surface area contributed by atoms with E-state index in [0.29, 0.717) is 26.2 Å². The molecular weight excluding hydrogens is 326 g/mol. The highest BCUT2D eigenvalue weighted by atomic mass is 32.2. The summed E-state index contributed by atoms with van der Waals surface area (Å²) in [5.74, 6) is 0. The quantitative estimate of drug-likeness (QED) is 0.801. The van der Waals surface area contributed by atoms with Crippen LogP contribution in [0.3, 0.4) is 0 Å². The second-order valence-corrected chi connectivity index (χ2v) is 7.88. The largest absolute Gasteiger partial charge is 0.377 e. The monoisotopic (exact) mass is 349 g/mol. The molecule has 2 heterocycles. The molecule has 3 rings (SSSR count). The third kappa shape index (κ3) is 3.85. The average Bonchev–Trinajstić information content (AvgIpc) is 3.06. The first-order valence-electron chi connectivity index (χ1n) is 8.27. The SMILES string of the molecule is CCO[C@H]1CCCN(S(=O)(=O)c2cnn(Cc3ccccc3)c2)C1. The predicted octanol–water partition coefficient (Wildman–Crippen LogP) is 2.12. The first-order chi connectivity index (χ1) is 11.6. The number of nitrogens with zero attached hydrogens (tertiary/aromatic N) is 3. The molecule has 0 amide bonds. The van der Waals surface area contributed by atoms with Crippen molar-refractivity contribution in [3.05, 3.63) is 48.3 Å². The lowest BCUT2D eigenvalue weighted by molar-refractivity contribution is 0.0265. The molecule has 1 atom stereocenters. The van der Waals surface area contributed by atoms with Crippen molar-refractivity contribution in [2.75, 3.05) is 19.7 Å². The maximum Gasteiger partial charge on any atom is 0.246 e. The lowest BCUT2D eigenvalue weighted by Crippen LogP contribution is -2.43. The molecule has 2 aromatic rings. The van der Waals surface area contributed by atoms with E-state index in [1.54, 1.807) is 10.9 Å². The molecule has 0 unspecified atom stereocenters. The molecule has 1 aromatic heterocycles. The van der Waals surface area contributed by atoms with Crippen LogP contribution in [0.1, 0.15) is 25.3 Å². The van der Waals surface area contributed by atoms with E-state index in [1.165, 1.54) is 10.5 Å². The summed E-state index contributed by atoms with van der Waals surface area (Å²) in [6.07, 6.45) is 4.75. The lowest BCUT2D eigenvalue weighted by Gasteiger charge is -2.31. The highest BCUT2D eigenvalue weighted by Gasteiger charge is 2.31. The van der Waals surface area contributed by atoms with Gasteiger partial charge in [0.1, 0.15) is 4.90 Å². The van der Waals surface area contributed by atoms with Gasteiger partial charge in [0.15, 0.2) is 0 Å². The summed E-state index contributed by atoms with van der Waals surface area (Å²) >= 11 is 0. The number of hydrogen-bond acceptors (Lipinski definition) is 4. The van der Waals surface area contributed by atoms with Crippen molar-refractivity contribution >= 4 is 10.0 Å². The van der Waals surface area contributed by atoms with Crippen LogP contribution in [0, 0.1) is 0 Å². The number of ether oxygens (including phenoxy) is 1. The molecule has 130 valence electrons. The average molecular weight is 349 g/mol. The van der Waals surface area contributed by atoms with Crippen LogP contribution in [0.5, 0.6) is 0 Å². The fourth-order valence-electron chi connectivity index (χ4n) is 2.98. The van der Waals surface area contributed by atoms with Crippen molar-refractivity contribution in [3.8, 4) is 0 Å². The van der Waals surface area contributed by atoms with Crippen molar-refractivity contribution in [1.29, 1.82) is 0 Å². The van der Waals surface area contributed by atoms with E-state index in [-0.39, 0.29) is 11.0 Å². The number of rotatable bonds is 6. The Morgan fingerprint density at radius 3 is 2.83 bits per heavy atom. The predicted molar refractivity (Wildman–Crippen MR) is 91.2 cm³/mol. The van der Waals surface area contributed by atoms with Crippen molar-refractivity contribution in [1.82, 2.24) is 14.1 Å². The second kappa shape index (κ2) is 7.46. The van der Waals surface area contributed by atoms with Gasteiger partial charge in [0, 0.05) is 25.9 Å². The molecule has 6 nitrogen and oxygen atoms in total. The molecule has 24 heavy (non-hydrogen) atoms. The summed E-state index contributed by atoms with van der Waals surface area (Å²) in [5, 5.41) is 4.21. The summed E-state index contributed by atoms with van der Waals surface area (Å²) in [6.45, 7) is 4.04. The zero-order valence-electron chi connectivity index (χ0n) is 13.8. The third-order valence-corrected chi connectivity index (χ3v) is 6.00. The molecule has 1 fully saturated rings. The molecule has 0 N–H and O–H groups in total. The van der Waals surface area contributed by atoms with Crippen LogP contribution in [-0.2, 0) is 21.3 Å². The number of benzene rings is 1. The maximum atomic E-state index is 12.8. The normalized spacial score (nSPS) is 19.5. The summed E-state index contributed by atoms with van der Waals surface area (Å²) in [6, 6.07) is 9.85. The summed E-state index contributed by atoms with van der Waals surface area (Å²) in [5.41, 5.74) is 1.08. The zero-order chi connectivity index (χ0) is 17.0. The van der Waals surface area contributed by atoms with Gasteiger partial charge < -0.3 is 4.74 Å². The lowest BCUT2D eigenvalue weighted by atomic mass is 10.1. The van der Waals surface area contributed by atoms with Crippen LogP contribution in [0.4, 0.5) is 0 Å². The van der Waals surface area contributed by atoms with E-state index >= 15 is 0 Å². The van der Waals surface area contributed by atoms with Crippen LogP contribution in [0.25, 0.3) is 0 Å². The minimum Gasteiger partial charge on any atom is -0.377 e. The number of aromatic nitrogens is 2. The standard InChI is InChI=1S/C17H23N3O3S/c1-2-23-16-9-6-10-20(13-16)24(21,22)17-11-18-19(14-17)12-15-7-4-3-5-8-15/h3-5,7-8,11,14,16H,2,6,9-10,12-13H2,1H3/t16-/m0/s1. The highest BCUT2D eigenvalue weighted by Crippen LogP contribution is 2.22. The topological polar surface area (TPSA) is 64.4 Å². The Kier molecular flexibility index (Phi) is 5.33. The van der Waals surface area contributed by atoms with E-state index < -0.39 is 10.0 Å². The smallest absolute Gasteiger partial charge is 0.246 e. The molecular formula is C17H23N3O3S. The van der Waals surface area contributed by atoms with E-state index in [9.17, 15) is 8.42 Å². The van der Waals surface area contributed by atoms with E-state index in [4.69, 9.17) is 4.74 Å². The van der Waals surface area contributed by atoms with Gasteiger partial charge in [0.05, 0.1) is 18.8 Å². The van der Waals surface area contributed by atoms with Gasteiger partial charge in [0.25, 0.3) is 0 Å². The van der Waals surface area contributed by atoms with Gasteiger partial charge in [-0.3, -0.25) is 4.68 Å². The Labute approximate surface area is 143 Å². The molecule has 1 saturated heterocycles. The second-order valence-electron chi connectivity index (χ2n) is 5.94. The highest BCUT2D eigenvalue weighted by molar-refractivity contribution is 7.89. The van der Waals surface area contributed by atoms with Crippen LogP contribution in [-0.4, -0.2) is 48.3 Å². The van der Waals surface area contributed by atoms with E-state index in [0.717, 1.165) is 18.4 Å². The molecule has 1 aliphatic heterocycles. The van der Waals surface area contributed by atoms with Gasteiger partial charge in [-0.15, -0.1) is 0 Å². The van der Waals surface area contributed by atoms with Gasteiger partial charge in [-0.1, -0.05) is 30.3 Å². The molecule has 0 radical (unpaired) electrons. The Bertz CT molecular complexity index is 756. The molecule has 1 aliphatic rings. The summed E-state index contributed by atoms with van der Waals surface area (Å²) in [4.78, 5) is 0.246. The van der Waals surface area contributed by atoms with Crippen LogP contribution in [0.2, 0.25) is 0 Å². The van der Waals surface area contributed by atoms with Crippen molar-refractivity contribution in [3.63, 3.8) is 0 Å². The van der Waals surface area contributed by atoms with Crippen molar-refractivity contribution in [2.24, 2.45) is 0 Å². The minimum absolute atomic E-state index is 0.0158. The number of hydrogen-bond donors (Lipinski definition) is 0. The summed E-state index contributed by atoms with van der Waals surface area (Å²) in [7, 11) is -3.51. The first kappa shape index (κ1) is 17.1. The van der Waals surface area contributed by atoms with Crippen LogP contribution >= 0.6 is 0 Å². The molecule has 0 saturated carbocycles.